The predicted molar refractivity (Wildman–Crippen MR) is 60.2 cm³/mol. The van der Waals surface area contributed by atoms with Gasteiger partial charge in [-0.15, -0.1) is 6.58 Å². The van der Waals surface area contributed by atoms with Crippen molar-refractivity contribution >= 4 is 0 Å². The van der Waals surface area contributed by atoms with Crippen LogP contribution in [0.15, 0.2) is 36.4 Å². The quantitative estimate of drug-likeness (QED) is 0.542. The summed E-state index contributed by atoms with van der Waals surface area (Å²) in [6, 6.07) is 9.52. The van der Waals surface area contributed by atoms with Crippen molar-refractivity contribution in [2.24, 2.45) is 0 Å². The van der Waals surface area contributed by atoms with Gasteiger partial charge < -0.3 is 4.74 Å². The molecule has 0 fully saturated rings. The van der Waals surface area contributed by atoms with Crippen LogP contribution in [0.25, 0.3) is 0 Å². The maximum absolute atomic E-state index is 8.61. The molecule has 0 aliphatic carbocycles. The normalized spacial score (nSPS) is 9.60. The molecule has 0 aliphatic rings. The Morgan fingerprint density at radius 2 is 2.07 bits per heavy atom. The second-order valence-corrected chi connectivity index (χ2v) is 3.57. The maximum atomic E-state index is 8.61. The van der Waals surface area contributed by atoms with E-state index in [2.05, 4.69) is 12.6 Å². The van der Waals surface area contributed by atoms with E-state index in [9.17, 15) is 0 Å². The Kier molecular flexibility index (Phi) is 4.59. The molecule has 78 valence electrons. The van der Waals surface area contributed by atoms with Crippen LogP contribution in [0.3, 0.4) is 0 Å². The average molecular weight is 201 g/mol. The first-order valence-corrected chi connectivity index (χ1v) is 4.93. The molecule has 0 unspecified atom stereocenters. The van der Waals surface area contributed by atoms with Crippen LogP contribution in [0, 0.1) is 11.3 Å². The molecule has 0 amide bonds. The van der Waals surface area contributed by atoms with Crippen molar-refractivity contribution in [3.63, 3.8) is 0 Å². The minimum Gasteiger partial charge on any atom is -0.376 e. The van der Waals surface area contributed by atoms with Gasteiger partial charge in [0.1, 0.15) is 0 Å². The van der Waals surface area contributed by atoms with Crippen LogP contribution in [-0.4, -0.2) is 6.61 Å². The Hall–Kier alpha value is -1.59. The fourth-order valence-electron chi connectivity index (χ4n) is 1.11. The summed E-state index contributed by atoms with van der Waals surface area (Å²) in [4.78, 5) is 0. The fraction of sp³-hybridized carbons (Fsp3) is 0.308. The van der Waals surface area contributed by atoms with Crippen molar-refractivity contribution in [3.05, 3.63) is 47.5 Å². The molecule has 0 radical (unpaired) electrons. The first-order valence-electron chi connectivity index (χ1n) is 4.93. The van der Waals surface area contributed by atoms with Gasteiger partial charge in [0.2, 0.25) is 0 Å². The lowest BCUT2D eigenvalue weighted by molar-refractivity contribution is 0.124. The molecule has 2 heteroatoms. The molecule has 0 spiro atoms. The van der Waals surface area contributed by atoms with E-state index in [1.165, 1.54) is 0 Å². The molecule has 0 saturated carbocycles. The van der Waals surface area contributed by atoms with Gasteiger partial charge in [0.05, 0.1) is 24.8 Å². The summed E-state index contributed by atoms with van der Waals surface area (Å²) in [5.41, 5.74) is 2.91. The number of rotatable bonds is 5. The van der Waals surface area contributed by atoms with Crippen molar-refractivity contribution < 1.29 is 4.74 Å². The second-order valence-electron chi connectivity index (χ2n) is 3.57. The minimum atomic E-state index is 0.596. The van der Waals surface area contributed by atoms with E-state index < -0.39 is 0 Å². The van der Waals surface area contributed by atoms with Crippen LogP contribution in [0.2, 0.25) is 0 Å². The third-order valence-corrected chi connectivity index (χ3v) is 2.02. The molecule has 0 bridgehead atoms. The highest BCUT2D eigenvalue weighted by Gasteiger charge is 1.94. The van der Waals surface area contributed by atoms with Crippen molar-refractivity contribution in [2.75, 3.05) is 6.61 Å². The monoisotopic (exact) mass is 201 g/mol. The van der Waals surface area contributed by atoms with Crippen LogP contribution in [0.4, 0.5) is 0 Å². The summed E-state index contributed by atoms with van der Waals surface area (Å²) in [6.07, 6.45) is 0.899. The van der Waals surface area contributed by atoms with Gasteiger partial charge in [-0.2, -0.15) is 5.26 Å². The molecule has 2 nitrogen and oxygen atoms in total. The number of nitrogens with zero attached hydrogens (tertiary/aromatic N) is 1. The van der Waals surface area contributed by atoms with E-state index in [1.54, 1.807) is 12.1 Å². The highest BCUT2D eigenvalue weighted by molar-refractivity contribution is 5.31. The van der Waals surface area contributed by atoms with Gasteiger partial charge in [-0.1, -0.05) is 17.7 Å². The van der Waals surface area contributed by atoms with Crippen molar-refractivity contribution in [1.82, 2.24) is 0 Å². The smallest absolute Gasteiger partial charge is 0.0991 e. The summed E-state index contributed by atoms with van der Waals surface area (Å²) in [5.74, 6) is 0. The lowest BCUT2D eigenvalue weighted by Crippen LogP contribution is -1.95. The van der Waals surface area contributed by atoms with E-state index in [1.807, 2.05) is 19.1 Å². The van der Waals surface area contributed by atoms with E-state index in [0.717, 1.165) is 17.6 Å². The van der Waals surface area contributed by atoms with E-state index in [4.69, 9.17) is 10.00 Å². The van der Waals surface area contributed by atoms with Gasteiger partial charge in [0.25, 0.3) is 0 Å². The fourth-order valence-corrected chi connectivity index (χ4v) is 1.11. The largest absolute Gasteiger partial charge is 0.376 e. The van der Waals surface area contributed by atoms with E-state index >= 15 is 0 Å². The summed E-state index contributed by atoms with van der Waals surface area (Å²) >= 11 is 0. The Labute approximate surface area is 90.8 Å². The summed E-state index contributed by atoms with van der Waals surface area (Å²) in [7, 11) is 0. The molecule has 15 heavy (non-hydrogen) atoms. The van der Waals surface area contributed by atoms with Crippen molar-refractivity contribution in [3.8, 4) is 6.07 Å². The molecule has 0 atom stereocenters. The Morgan fingerprint density at radius 3 is 2.60 bits per heavy atom. The summed E-state index contributed by atoms with van der Waals surface area (Å²) < 4.78 is 5.46. The van der Waals surface area contributed by atoms with Crippen LogP contribution < -0.4 is 0 Å². The highest BCUT2D eigenvalue weighted by atomic mass is 16.5. The Balaban J connectivity index is 2.32. The van der Waals surface area contributed by atoms with Gasteiger partial charge in [0.15, 0.2) is 0 Å². The topological polar surface area (TPSA) is 33.0 Å². The molecule has 1 rings (SSSR count). The van der Waals surface area contributed by atoms with Crippen LogP contribution in [0.5, 0.6) is 0 Å². The first kappa shape index (κ1) is 11.5. The van der Waals surface area contributed by atoms with Crippen LogP contribution >= 0.6 is 0 Å². The summed E-state index contributed by atoms with van der Waals surface area (Å²) in [6.45, 7) is 7.10. The highest BCUT2D eigenvalue weighted by Crippen LogP contribution is 2.05. The van der Waals surface area contributed by atoms with Gasteiger partial charge in [0, 0.05) is 0 Å². The minimum absolute atomic E-state index is 0.596. The third-order valence-electron chi connectivity index (χ3n) is 2.02. The van der Waals surface area contributed by atoms with Gasteiger partial charge in [-0.05, 0) is 31.0 Å². The average Bonchev–Trinajstić information content (AvgIpc) is 2.25. The molecular formula is C13H15NO. The lowest BCUT2D eigenvalue weighted by Gasteiger charge is -2.03. The zero-order valence-corrected chi connectivity index (χ0v) is 8.99. The zero-order chi connectivity index (χ0) is 11.1. The molecule has 0 aromatic heterocycles. The number of hydrogen-bond acceptors (Lipinski definition) is 2. The number of benzene rings is 1. The molecule has 1 aromatic rings. The Bertz CT molecular complexity index is 359. The summed E-state index contributed by atoms with van der Waals surface area (Å²) in [5, 5.41) is 8.61. The molecule has 0 aliphatic heterocycles. The van der Waals surface area contributed by atoms with Crippen molar-refractivity contribution in [1.29, 1.82) is 5.26 Å². The van der Waals surface area contributed by atoms with Gasteiger partial charge >= 0.3 is 0 Å². The molecule has 1 aromatic carbocycles. The Morgan fingerprint density at radius 1 is 1.40 bits per heavy atom. The molecular weight excluding hydrogens is 186 g/mol. The SMILES string of the molecule is C=C(C)CCOCc1ccc(C#N)cc1. The molecule has 0 heterocycles. The van der Waals surface area contributed by atoms with Crippen LogP contribution in [-0.2, 0) is 11.3 Å². The molecule has 0 N–H and O–H groups in total. The van der Waals surface area contributed by atoms with E-state index in [0.29, 0.717) is 18.8 Å². The van der Waals surface area contributed by atoms with Crippen molar-refractivity contribution in [2.45, 2.75) is 20.0 Å². The number of ether oxygens (including phenoxy) is 1. The molecule has 0 saturated heterocycles. The number of hydrogen-bond donors (Lipinski definition) is 0. The van der Waals surface area contributed by atoms with E-state index in [-0.39, 0.29) is 0 Å². The maximum Gasteiger partial charge on any atom is 0.0991 e. The lowest BCUT2D eigenvalue weighted by atomic mass is 10.2. The zero-order valence-electron chi connectivity index (χ0n) is 8.99. The first-order chi connectivity index (χ1) is 7.22. The van der Waals surface area contributed by atoms with Gasteiger partial charge in [-0.25, -0.2) is 0 Å². The van der Waals surface area contributed by atoms with Gasteiger partial charge in [-0.3, -0.25) is 0 Å². The third kappa shape index (κ3) is 4.44. The number of nitriles is 1. The van der Waals surface area contributed by atoms with Crippen LogP contribution in [0.1, 0.15) is 24.5 Å². The second kappa shape index (κ2) is 6.00. The predicted octanol–water partition coefficient (Wildman–Crippen LogP) is 3.04. The standard InChI is InChI=1S/C13H15NO/c1-11(2)7-8-15-10-13-5-3-12(9-14)4-6-13/h3-6H,1,7-8,10H2,2H3.